The van der Waals surface area contributed by atoms with Crippen LogP contribution >= 0.6 is 11.6 Å². The van der Waals surface area contributed by atoms with Crippen molar-refractivity contribution in [3.63, 3.8) is 0 Å². The number of halogens is 2. The van der Waals surface area contributed by atoms with E-state index in [1.165, 1.54) is 18.5 Å². The first kappa shape index (κ1) is 23.7. The summed E-state index contributed by atoms with van der Waals surface area (Å²) >= 11 is 6.19. The van der Waals surface area contributed by atoms with Crippen molar-refractivity contribution in [1.29, 1.82) is 0 Å². The van der Waals surface area contributed by atoms with Gasteiger partial charge in [-0.3, -0.25) is 14.4 Å². The Balaban J connectivity index is 1.18. The second-order valence-corrected chi connectivity index (χ2v) is 10.3. The molecule has 3 fully saturated rings. The molecule has 0 atom stereocenters. The number of amides is 3. The van der Waals surface area contributed by atoms with Crippen molar-refractivity contribution in [3.05, 3.63) is 46.8 Å². The number of aromatic nitrogens is 2. The number of likely N-dealkylation sites (N-methyl/N-ethyl adjacent to an activating group) is 1. The van der Waals surface area contributed by atoms with Gasteiger partial charge in [-0.1, -0.05) is 11.6 Å². The molecule has 0 unspecified atom stereocenters. The molecule has 35 heavy (non-hydrogen) atoms. The molecule has 1 aromatic carbocycles. The lowest BCUT2D eigenvalue weighted by Gasteiger charge is -2.36. The Morgan fingerprint density at radius 2 is 1.86 bits per heavy atom. The van der Waals surface area contributed by atoms with Gasteiger partial charge in [-0.05, 0) is 57.4 Å². The van der Waals surface area contributed by atoms with Gasteiger partial charge in [-0.2, -0.15) is 0 Å². The van der Waals surface area contributed by atoms with Gasteiger partial charge >= 0.3 is 0 Å². The van der Waals surface area contributed by atoms with Crippen LogP contribution in [0.3, 0.4) is 0 Å². The maximum Gasteiger partial charge on any atom is 0.272 e. The molecule has 2 saturated heterocycles. The van der Waals surface area contributed by atoms with Crippen molar-refractivity contribution in [2.75, 3.05) is 31.6 Å². The van der Waals surface area contributed by atoms with Gasteiger partial charge in [-0.25, -0.2) is 9.37 Å². The fraction of sp³-hybridized carbons (Fsp3) is 0.500. The number of hydrogen-bond donors (Lipinski definition) is 3. The fourth-order valence-electron chi connectivity index (χ4n) is 5.47. The zero-order valence-electron chi connectivity index (χ0n) is 19.4. The number of carbonyl (C=O) groups excluding carboxylic acids is 3. The van der Waals surface area contributed by atoms with Crippen molar-refractivity contribution >= 4 is 35.0 Å². The SMILES string of the molecule is CN1CC(NC(=O)c2nc[nH]c2C(=O)N[C@H]2CC[C@@]3(CCN(c4ccc(F)cc4Cl)C3=O)CC2)C1. The molecule has 1 spiro atoms. The van der Waals surface area contributed by atoms with Crippen molar-refractivity contribution < 1.29 is 18.8 Å². The number of likely N-dealkylation sites (tertiary alicyclic amines) is 1. The van der Waals surface area contributed by atoms with Gasteiger partial charge in [0.25, 0.3) is 11.8 Å². The molecule has 0 radical (unpaired) electrons. The number of nitrogens with one attached hydrogen (secondary N) is 3. The molecule has 2 aliphatic heterocycles. The number of H-pyrrole nitrogens is 1. The van der Waals surface area contributed by atoms with Crippen LogP contribution in [0.15, 0.2) is 24.5 Å². The summed E-state index contributed by atoms with van der Waals surface area (Å²) < 4.78 is 13.4. The topological polar surface area (TPSA) is 110 Å². The summed E-state index contributed by atoms with van der Waals surface area (Å²) in [6, 6.07) is 4.02. The number of anilines is 1. The molecule has 11 heteroatoms. The smallest absolute Gasteiger partial charge is 0.272 e. The minimum Gasteiger partial charge on any atom is -0.348 e. The second kappa shape index (κ2) is 9.23. The number of benzene rings is 1. The maximum absolute atomic E-state index is 13.4. The lowest BCUT2D eigenvalue weighted by molar-refractivity contribution is -0.127. The van der Waals surface area contributed by atoms with Crippen molar-refractivity contribution in [2.24, 2.45) is 5.41 Å². The Bertz CT molecular complexity index is 1160. The molecule has 1 aromatic heterocycles. The molecule has 3 heterocycles. The third-order valence-corrected chi connectivity index (χ3v) is 7.77. The van der Waals surface area contributed by atoms with Crippen molar-refractivity contribution in [3.8, 4) is 0 Å². The Hall–Kier alpha value is -2.98. The molecule has 5 rings (SSSR count). The number of hydrogen-bond acceptors (Lipinski definition) is 5. The minimum atomic E-state index is -0.492. The van der Waals surface area contributed by atoms with Gasteiger partial charge in [-0.15, -0.1) is 0 Å². The second-order valence-electron chi connectivity index (χ2n) is 9.85. The molecule has 3 aliphatic rings. The molecular formula is C24H28ClFN6O3. The summed E-state index contributed by atoms with van der Waals surface area (Å²) in [6.07, 6.45) is 4.61. The number of nitrogens with zero attached hydrogens (tertiary/aromatic N) is 3. The highest BCUT2D eigenvalue weighted by molar-refractivity contribution is 6.34. The Morgan fingerprint density at radius 1 is 1.14 bits per heavy atom. The largest absolute Gasteiger partial charge is 0.348 e. The van der Waals surface area contributed by atoms with E-state index in [-0.39, 0.29) is 46.2 Å². The third kappa shape index (κ3) is 4.52. The van der Waals surface area contributed by atoms with Gasteiger partial charge < -0.3 is 25.4 Å². The minimum absolute atomic E-state index is 0.00458. The van der Waals surface area contributed by atoms with Crippen LogP contribution in [-0.2, 0) is 4.79 Å². The molecule has 186 valence electrons. The summed E-state index contributed by atoms with van der Waals surface area (Å²) in [4.78, 5) is 49.4. The van der Waals surface area contributed by atoms with Gasteiger partial charge in [0, 0.05) is 25.7 Å². The zero-order valence-corrected chi connectivity index (χ0v) is 20.2. The van der Waals surface area contributed by atoms with Crippen LogP contribution in [0.25, 0.3) is 0 Å². The van der Waals surface area contributed by atoms with E-state index >= 15 is 0 Å². The van der Waals surface area contributed by atoms with Crippen LogP contribution in [0.2, 0.25) is 5.02 Å². The van der Waals surface area contributed by atoms with Crippen LogP contribution < -0.4 is 15.5 Å². The summed E-state index contributed by atoms with van der Waals surface area (Å²) in [5, 5.41) is 6.12. The van der Waals surface area contributed by atoms with E-state index in [4.69, 9.17) is 11.6 Å². The monoisotopic (exact) mass is 502 g/mol. The van der Waals surface area contributed by atoms with E-state index in [1.54, 1.807) is 11.0 Å². The quantitative estimate of drug-likeness (QED) is 0.581. The first-order chi connectivity index (χ1) is 16.8. The van der Waals surface area contributed by atoms with Crippen LogP contribution in [0.1, 0.15) is 53.1 Å². The number of rotatable bonds is 5. The molecule has 0 bridgehead atoms. The summed E-state index contributed by atoms with van der Waals surface area (Å²) in [5.74, 6) is -1.18. The normalized spacial score (nSPS) is 25.1. The fourth-order valence-corrected chi connectivity index (χ4v) is 5.74. The van der Waals surface area contributed by atoms with Gasteiger partial charge in [0.1, 0.15) is 11.5 Å². The molecule has 1 saturated carbocycles. The highest BCUT2D eigenvalue weighted by atomic mass is 35.5. The highest BCUT2D eigenvalue weighted by Crippen LogP contribution is 2.47. The van der Waals surface area contributed by atoms with E-state index in [0.29, 0.717) is 44.3 Å². The molecule has 9 nitrogen and oxygen atoms in total. The third-order valence-electron chi connectivity index (χ3n) is 7.47. The average molecular weight is 503 g/mol. The number of imidazole rings is 1. The first-order valence-electron chi connectivity index (χ1n) is 11.9. The zero-order chi connectivity index (χ0) is 24.7. The first-order valence-corrected chi connectivity index (χ1v) is 12.2. The van der Waals surface area contributed by atoms with Gasteiger partial charge in [0.15, 0.2) is 5.69 Å². The molecule has 2 aromatic rings. The molecule has 3 N–H and O–H groups in total. The lowest BCUT2D eigenvalue weighted by atomic mass is 9.71. The highest BCUT2D eigenvalue weighted by Gasteiger charge is 2.49. The Morgan fingerprint density at radius 3 is 2.54 bits per heavy atom. The van der Waals surface area contributed by atoms with E-state index in [9.17, 15) is 18.8 Å². The molecular weight excluding hydrogens is 475 g/mol. The average Bonchev–Trinajstić information content (AvgIpc) is 3.41. The van der Waals surface area contributed by atoms with Gasteiger partial charge in [0.2, 0.25) is 5.91 Å². The van der Waals surface area contributed by atoms with Gasteiger partial charge in [0.05, 0.1) is 28.5 Å². The Labute approximate surface area is 207 Å². The van der Waals surface area contributed by atoms with Crippen molar-refractivity contribution in [2.45, 2.75) is 44.2 Å². The predicted octanol–water partition coefficient (Wildman–Crippen LogP) is 2.34. The van der Waals surface area contributed by atoms with Crippen LogP contribution in [0.4, 0.5) is 10.1 Å². The standard InChI is InChI=1S/C24H28ClFN6O3/c1-31-11-16(12-31)30-22(34)20-19(27-13-28-20)21(33)29-15-4-6-24(7-5-15)8-9-32(23(24)35)18-3-2-14(26)10-17(18)25/h2-3,10,13,15-16H,4-9,11-12H2,1H3,(H,27,28)(H,29,33)(H,30,34)/t15-,24-. The van der Waals surface area contributed by atoms with Crippen LogP contribution in [0, 0.1) is 11.2 Å². The van der Waals surface area contributed by atoms with E-state index in [2.05, 4.69) is 25.5 Å². The Kier molecular flexibility index (Phi) is 6.27. The predicted molar refractivity (Wildman–Crippen MR) is 128 cm³/mol. The van der Waals surface area contributed by atoms with Crippen LogP contribution in [0.5, 0.6) is 0 Å². The maximum atomic E-state index is 13.4. The van der Waals surface area contributed by atoms with E-state index in [0.717, 1.165) is 13.1 Å². The van der Waals surface area contributed by atoms with Crippen molar-refractivity contribution in [1.82, 2.24) is 25.5 Å². The van der Waals surface area contributed by atoms with Crippen LogP contribution in [-0.4, -0.2) is 71.4 Å². The molecule has 3 amide bonds. The summed E-state index contributed by atoms with van der Waals surface area (Å²) in [6.45, 7) is 2.07. The molecule has 1 aliphatic carbocycles. The van der Waals surface area contributed by atoms with E-state index < -0.39 is 11.2 Å². The van der Waals surface area contributed by atoms with E-state index in [1.807, 2.05) is 7.05 Å². The summed E-state index contributed by atoms with van der Waals surface area (Å²) in [5.41, 5.74) is 0.268. The lowest BCUT2D eigenvalue weighted by Crippen LogP contribution is -2.57. The number of carbonyl (C=O) groups is 3. The summed E-state index contributed by atoms with van der Waals surface area (Å²) in [7, 11) is 1.97. The number of aromatic amines is 1.